The zero-order valence-electron chi connectivity index (χ0n) is 10.8. The van der Waals surface area contributed by atoms with E-state index in [9.17, 15) is 0 Å². The fraction of sp³-hybridized carbons (Fsp3) is 1.00. The van der Waals surface area contributed by atoms with Gasteiger partial charge in [-0.15, -0.1) is 0 Å². The van der Waals surface area contributed by atoms with E-state index in [2.05, 4.69) is 45.0 Å². The lowest BCUT2D eigenvalue weighted by Gasteiger charge is -2.38. The van der Waals surface area contributed by atoms with Gasteiger partial charge in [-0.3, -0.25) is 4.90 Å². The van der Waals surface area contributed by atoms with Gasteiger partial charge in [0.1, 0.15) is 0 Å². The highest BCUT2D eigenvalue weighted by molar-refractivity contribution is 4.79. The van der Waals surface area contributed by atoms with Gasteiger partial charge in [0, 0.05) is 25.7 Å². The van der Waals surface area contributed by atoms with Gasteiger partial charge in [0.05, 0.1) is 12.2 Å². The molecule has 3 nitrogen and oxygen atoms in total. The Bertz CT molecular complexity index is 174. The van der Waals surface area contributed by atoms with Crippen LogP contribution >= 0.6 is 0 Å². The Morgan fingerprint density at radius 1 is 1.27 bits per heavy atom. The molecule has 1 aliphatic rings. The number of ether oxygens (including phenoxy) is 1. The van der Waals surface area contributed by atoms with E-state index in [0.717, 1.165) is 19.6 Å². The van der Waals surface area contributed by atoms with Gasteiger partial charge < -0.3 is 10.1 Å². The minimum absolute atomic E-state index is 0.374. The van der Waals surface area contributed by atoms with Crippen molar-refractivity contribution in [2.45, 2.75) is 45.9 Å². The van der Waals surface area contributed by atoms with Gasteiger partial charge in [-0.1, -0.05) is 13.8 Å². The molecule has 0 aromatic heterocycles. The summed E-state index contributed by atoms with van der Waals surface area (Å²) in [7, 11) is 2.05. The highest BCUT2D eigenvalue weighted by atomic mass is 16.5. The molecule has 1 heterocycles. The first-order valence-corrected chi connectivity index (χ1v) is 6.08. The summed E-state index contributed by atoms with van der Waals surface area (Å²) in [5, 5.41) is 3.40. The average molecular weight is 214 g/mol. The topological polar surface area (TPSA) is 24.5 Å². The number of nitrogens with one attached hydrogen (secondary N) is 1. The first-order valence-electron chi connectivity index (χ1n) is 6.08. The monoisotopic (exact) mass is 214 g/mol. The molecule has 15 heavy (non-hydrogen) atoms. The second-order valence-electron chi connectivity index (χ2n) is 5.12. The molecule has 1 unspecified atom stereocenters. The number of rotatable bonds is 4. The lowest BCUT2D eigenvalue weighted by atomic mass is 10.0. The summed E-state index contributed by atoms with van der Waals surface area (Å²) >= 11 is 0. The first-order chi connectivity index (χ1) is 7.02. The van der Waals surface area contributed by atoms with Gasteiger partial charge in [-0.05, 0) is 26.8 Å². The Labute approximate surface area is 94.2 Å². The van der Waals surface area contributed by atoms with Crippen LogP contribution in [0, 0.1) is 5.92 Å². The zero-order valence-corrected chi connectivity index (χ0v) is 10.8. The number of likely N-dealkylation sites (N-methyl/N-ethyl adjacent to an activating group) is 1. The Hall–Kier alpha value is -0.120. The first kappa shape index (κ1) is 12.9. The Balaban J connectivity index is 2.42. The van der Waals surface area contributed by atoms with Crippen molar-refractivity contribution in [3.8, 4) is 0 Å². The molecule has 1 rings (SSSR count). The zero-order chi connectivity index (χ0) is 11.4. The molecule has 1 fully saturated rings. The van der Waals surface area contributed by atoms with Crippen LogP contribution in [-0.2, 0) is 4.74 Å². The second-order valence-corrected chi connectivity index (χ2v) is 5.12. The lowest BCUT2D eigenvalue weighted by molar-refractivity contribution is -0.0707. The van der Waals surface area contributed by atoms with Crippen LogP contribution in [0.5, 0.6) is 0 Å². The Morgan fingerprint density at radius 2 is 1.80 bits per heavy atom. The molecule has 3 atom stereocenters. The molecule has 0 aromatic rings. The summed E-state index contributed by atoms with van der Waals surface area (Å²) in [5.41, 5.74) is 0. The molecule has 0 radical (unpaired) electrons. The molecule has 3 heteroatoms. The molecular formula is C12H26N2O. The van der Waals surface area contributed by atoms with E-state index >= 15 is 0 Å². The number of hydrogen-bond acceptors (Lipinski definition) is 3. The normalized spacial score (nSPS) is 30.8. The molecule has 1 saturated heterocycles. The minimum atomic E-state index is 0.374. The van der Waals surface area contributed by atoms with Crippen molar-refractivity contribution in [3.63, 3.8) is 0 Å². The standard InChI is InChI=1S/C12H26N2O/c1-9(2)12(13-5)8-14-6-10(3)15-11(4)7-14/h9-13H,6-8H2,1-5H3/t10-,11+,12?. The van der Waals surface area contributed by atoms with Crippen LogP contribution in [0.15, 0.2) is 0 Å². The molecule has 90 valence electrons. The summed E-state index contributed by atoms with van der Waals surface area (Å²) in [6.07, 6.45) is 0.747. The summed E-state index contributed by atoms with van der Waals surface area (Å²) < 4.78 is 5.73. The molecule has 1 aliphatic heterocycles. The molecule has 0 aromatic carbocycles. The molecule has 0 bridgehead atoms. The van der Waals surface area contributed by atoms with Crippen LogP contribution in [0.4, 0.5) is 0 Å². The smallest absolute Gasteiger partial charge is 0.0678 e. The van der Waals surface area contributed by atoms with E-state index in [0.29, 0.717) is 24.2 Å². The highest BCUT2D eigenvalue weighted by Gasteiger charge is 2.24. The summed E-state index contributed by atoms with van der Waals surface area (Å²) in [6, 6.07) is 0.586. The maximum Gasteiger partial charge on any atom is 0.0678 e. The van der Waals surface area contributed by atoms with Gasteiger partial charge in [-0.2, -0.15) is 0 Å². The molecular weight excluding hydrogens is 188 g/mol. The maximum absolute atomic E-state index is 5.73. The van der Waals surface area contributed by atoms with E-state index in [4.69, 9.17) is 4.74 Å². The molecule has 1 N–H and O–H groups in total. The summed E-state index contributed by atoms with van der Waals surface area (Å²) in [5.74, 6) is 0.684. The van der Waals surface area contributed by atoms with Crippen LogP contribution in [0.25, 0.3) is 0 Å². The third-order valence-corrected chi connectivity index (χ3v) is 3.13. The van der Waals surface area contributed by atoms with Gasteiger partial charge >= 0.3 is 0 Å². The third-order valence-electron chi connectivity index (χ3n) is 3.13. The van der Waals surface area contributed by atoms with Crippen LogP contribution in [0.1, 0.15) is 27.7 Å². The van der Waals surface area contributed by atoms with Gasteiger partial charge in [-0.25, -0.2) is 0 Å². The van der Waals surface area contributed by atoms with Crippen LogP contribution in [0.2, 0.25) is 0 Å². The minimum Gasteiger partial charge on any atom is -0.373 e. The summed E-state index contributed by atoms with van der Waals surface area (Å²) in [4.78, 5) is 2.51. The highest BCUT2D eigenvalue weighted by Crippen LogP contribution is 2.12. The number of morpholine rings is 1. The van der Waals surface area contributed by atoms with Crippen molar-refractivity contribution in [3.05, 3.63) is 0 Å². The SMILES string of the molecule is CNC(CN1C[C@@H](C)O[C@@H](C)C1)C(C)C. The fourth-order valence-electron chi connectivity index (χ4n) is 2.35. The Kier molecular flexibility index (Phi) is 5.03. The van der Waals surface area contributed by atoms with Crippen molar-refractivity contribution in [1.29, 1.82) is 0 Å². The molecule has 0 aliphatic carbocycles. The van der Waals surface area contributed by atoms with E-state index < -0.39 is 0 Å². The molecule has 0 saturated carbocycles. The van der Waals surface area contributed by atoms with E-state index in [1.807, 2.05) is 0 Å². The van der Waals surface area contributed by atoms with Crippen molar-refractivity contribution < 1.29 is 4.74 Å². The molecule has 0 spiro atoms. The number of hydrogen-bond donors (Lipinski definition) is 1. The number of nitrogens with zero attached hydrogens (tertiary/aromatic N) is 1. The van der Waals surface area contributed by atoms with E-state index in [1.54, 1.807) is 0 Å². The third kappa shape index (κ3) is 4.09. The van der Waals surface area contributed by atoms with Gasteiger partial charge in [0.2, 0.25) is 0 Å². The quantitative estimate of drug-likeness (QED) is 0.764. The molecule has 0 amide bonds. The van der Waals surface area contributed by atoms with Gasteiger partial charge in [0.15, 0.2) is 0 Å². The van der Waals surface area contributed by atoms with Crippen LogP contribution in [0.3, 0.4) is 0 Å². The predicted molar refractivity (Wildman–Crippen MR) is 64.1 cm³/mol. The average Bonchev–Trinajstić information content (AvgIpc) is 2.12. The predicted octanol–water partition coefficient (Wildman–Crippen LogP) is 1.34. The largest absolute Gasteiger partial charge is 0.373 e. The maximum atomic E-state index is 5.73. The summed E-state index contributed by atoms with van der Waals surface area (Å²) in [6.45, 7) is 12.1. The van der Waals surface area contributed by atoms with Crippen molar-refractivity contribution in [1.82, 2.24) is 10.2 Å². The fourth-order valence-corrected chi connectivity index (χ4v) is 2.35. The van der Waals surface area contributed by atoms with Crippen molar-refractivity contribution in [2.75, 3.05) is 26.7 Å². The van der Waals surface area contributed by atoms with Crippen LogP contribution < -0.4 is 5.32 Å². The van der Waals surface area contributed by atoms with Crippen molar-refractivity contribution in [2.24, 2.45) is 5.92 Å². The van der Waals surface area contributed by atoms with Crippen molar-refractivity contribution >= 4 is 0 Å². The Morgan fingerprint density at radius 3 is 2.20 bits per heavy atom. The van der Waals surface area contributed by atoms with Crippen LogP contribution in [-0.4, -0.2) is 49.8 Å². The van der Waals surface area contributed by atoms with E-state index in [-0.39, 0.29) is 0 Å². The second kappa shape index (κ2) is 5.83. The van der Waals surface area contributed by atoms with E-state index in [1.165, 1.54) is 0 Å². The van der Waals surface area contributed by atoms with Gasteiger partial charge in [0.25, 0.3) is 0 Å². The lowest BCUT2D eigenvalue weighted by Crippen LogP contribution is -2.51.